The van der Waals surface area contributed by atoms with E-state index < -0.39 is 12.0 Å². The lowest BCUT2D eigenvalue weighted by atomic mass is 10.2. The molecule has 0 saturated heterocycles. The maximum absolute atomic E-state index is 13.9. The average Bonchev–Trinajstić information content (AvgIpc) is 3.25. The number of unbranched alkanes of at least 4 members (excludes halogenated alkanes) is 1. The predicted octanol–water partition coefficient (Wildman–Crippen LogP) is 3.28. The van der Waals surface area contributed by atoms with Crippen LogP contribution in [-0.4, -0.2) is 88.2 Å². The number of likely N-dealkylation sites (N-methyl/N-ethyl adjacent to an activating group) is 2. The molecule has 11 nitrogen and oxygen atoms in total. The molecule has 3 rings (SSSR count). The average molecular weight is 578 g/mol. The van der Waals surface area contributed by atoms with E-state index in [0.717, 1.165) is 13.0 Å². The fourth-order valence-electron chi connectivity index (χ4n) is 3.87. The zero-order valence-corrected chi connectivity index (χ0v) is 25.2. The summed E-state index contributed by atoms with van der Waals surface area (Å²) in [4.78, 5) is 37.1. The summed E-state index contributed by atoms with van der Waals surface area (Å²) in [5.41, 5.74) is 2.03. The molecule has 12 heteroatoms. The van der Waals surface area contributed by atoms with Gasteiger partial charge in [0.2, 0.25) is 23.7 Å². The highest BCUT2D eigenvalue weighted by molar-refractivity contribution is 5.92. The molecule has 0 aliphatic rings. The molecule has 2 aromatic heterocycles. The molecule has 3 N–H and O–H groups in total. The molecule has 2 amide bonds. The predicted molar refractivity (Wildman–Crippen MR) is 164 cm³/mol. The van der Waals surface area contributed by atoms with Gasteiger partial charge in [-0.05, 0) is 52.1 Å². The van der Waals surface area contributed by atoms with Crippen molar-refractivity contribution in [3.63, 3.8) is 0 Å². The van der Waals surface area contributed by atoms with Crippen molar-refractivity contribution in [1.82, 2.24) is 34.9 Å². The van der Waals surface area contributed by atoms with Crippen molar-refractivity contribution < 1.29 is 14.0 Å². The topological polar surface area (TPSA) is 120 Å². The van der Waals surface area contributed by atoms with Gasteiger partial charge in [-0.1, -0.05) is 24.8 Å². The standard InChI is InChI=1S/C30H40FN9O2/c1-7-16-32-28-22(20-34-30(36-28)35-23-14-15-24-25(19-23)40(6)37-27(24)31)12-9-8-10-17-33-29(42)21(2)39(5)26(41)13-11-18-38(3)4/h11,13-15,19-21H,7-8,10,16-18H2,1-6H3,(H,33,42)(H2,32,34,35,36)/b13-11+/t21-/m0/s1. The molecule has 0 aliphatic carbocycles. The highest BCUT2D eigenvalue weighted by Crippen LogP contribution is 2.23. The number of anilines is 3. The van der Waals surface area contributed by atoms with Crippen molar-refractivity contribution in [2.24, 2.45) is 7.05 Å². The molecule has 2 heterocycles. The summed E-state index contributed by atoms with van der Waals surface area (Å²) in [6.45, 7) is 5.58. The second kappa shape index (κ2) is 15.5. The van der Waals surface area contributed by atoms with E-state index in [1.54, 1.807) is 51.5 Å². The van der Waals surface area contributed by atoms with Crippen LogP contribution >= 0.6 is 0 Å². The Balaban J connectivity index is 1.54. The van der Waals surface area contributed by atoms with Gasteiger partial charge in [0.1, 0.15) is 11.9 Å². The molecular formula is C30H40FN9O2. The molecule has 3 aromatic rings. The molecule has 0 spiro atoms. The summed E-state index contributed by atoms with van der Waals surface area (Å²) < 4.78 is 15.4. The normalized spacial score (nSPS) is 11.8. The summed E-state index contributed by atoms with van der Waals surface area (Å²) in [5, 5.41) is 13.6. The number of halogens is 1. The molecule has 1 atom stereocenters. The Labute approximate surface area is 246 Å². The number of hydrogen-bond donors (Lipinski definition) is 3. The quantitative estimate of drug-likeness (QED) is 0.161. The van der Waals surface area contributed by atoms with E-state index in [1.165, 1.54) is 15.7 Å². The van der Waals surface area contributed by atoms with Crippen LogP contribution in [0.15, 0.2) is 36.5 Å². The summed E-state index contributed by atoms with van der Waals surface area (Å²) in [6.07, 6.45) is 7.04. The van der Waals surface area contributed by atoms with Crippen molar-refractivity contribution in [3.05, 3.63) is 48.1 Å². The second-order valence-corrected chi connectivity index (χ2v) is 10.1. The van der Waals surface area contributed by atoms with Crippen LogP contribution in [0, 0.1) is 17.8 Å². The number of aryl methyl sites for hydroxylation is 1. The third kappa shape index (κ3) is 9.01. The second-order valence-electron chi connectivity index (χ2n) is 10.1. The number of amides is 2. The highest BCUT2D eigenvalue weighted by Gasteiger charge is 2.20. The van der Waals surface area contributed by atoms with Crippen molar-refractivity contribution in [2.45, 2.75) is 39.2 Å². The number of aromatic nitrogens is 4. The first-order valence-electron chi connectivity index (χ1n) is 14.0. The summed E-state index contributed by atoms with van der Waals surface area (Å²) >= 11 is 0. The number of carbonyl (C=O) groups excluding carboxylic acids is 2. The lowest BCUT2D eigenvalue weighted by Gasteiger charge is -2.23. The third-order valence-electron chi connectivity index (χ3n) is 6.43. The molecule has 1 aromatic carbocycles. The fourth-order valence-corrected chi connectivity index (χ4v) is 3.87. The van der Waals surface area contributed by atoms with Gasteiger partial charge >= 0.3 is 0 Å². The molecule has 0 fully saturated rings. The van der Waals surface area contributed by atoms with Crippen LogP contribution < -0.4 is 16.0 Å². The number of hydrogen-bond acceptors (Lipinski definition) is 8. The molecule has 0 aliphatic heterocycles. The van der Waals surface area contributed by atoms with E-state index in [2.05, 4.69) is 49.8 Å². The largest absolute Gasteiger partial charge is 0.369 e. The van der Waals surface area contributed by atoms with Gasteiger partial charge in [-0.25, -0.2) is 4.98 Å². The molecule has 0 saturated carbocycles. The van der Waals surface area contributed by atoms with Crippen LogP contribution in [-0.2, 0) is 16.6 Å². The first kappa shape index (κ1) is 32.0. The number of nitrogens with one attached hydrogen (secondary N) is 3. The van der Waals surface area contributed by atoms with Crippen LogP contribution in [0.1, 0.15) is 38.7 Å². The van der Waals surface area contributed by atoms with E-state index in [-0.39, 0.29) is 11.8 Å². The van der Waals surface area contributed by atoms with Crippen LogP contribution in [0.4, 0.5) is 21.8 Å². The van der Waals surface area contributed by atoms with Gasteiger partial charge in [-0.2, -0.15) is 9.37 Å². The Kier molecular flexibility index (Phi) is 11.8. The smallest absolute Gasteiger partial charge is 0.246 e. The van der Waals surface area contributed by atoms with Gasteiger partial charge in [0.15, 0.2) is 0 Å². The number of carbonyl (C=O) groups is 2. The maximum atomic E-state index is 13.9. The SMILES string of the molecule is CCCNc1nc(Nc2ccc3c(F)nn(C)c3c2)ncc1C#CCCCNC(=O)[C@H](C)N(C)C(=O)/C=C/CN(C)C. The Morgan fingerprint density at radius 1 is 1.21 bits per heavy atom. The Morgan fingerprint density at radius 2 is 2.00 bits per heavy atom. The molecule has 0 bridgehead atoms. The molecule has 224 valence electrons. The first-order valence-corrected chi connectivity index (χ1v) is 14.0. The number of fused-ring (bicyclic) bond motifs is 1. The van der Waals surface area contributed by atoms with Gasteiger partial charge in [-0.15, -0.1) is 5.10 Å². The minimum Gasteiger partial charge on any atom is -0.369 e. The van der Waals surface area contributed by atoms with Gasteiger partial charge in [0, 0.05) is 51.9 Å². The minimum atomic E-state index is -0.587. The fraction of sp³-hybridized carbons (Fsp3) is 0.433. The van der Waals surface area contributed by atoms with Crippen molar-refractivity contribution >= 4 is 40.2 Å². The van der Waals surface area contributed by atoms with Crippen LogP contribution in [0.2, 0.25) is 0 Å². The van der Waals surface area contributed by atoms with Gasteiger partial charge in [0.25, 0.3) is 0 Å². The van der Waals surface area contributed by atoms with Crippen molar-refractivity contribution in [3.8, 4) is 11.8 Å². The first-order chi connectivity index (χ1) is 20.1. The summed E-state index contributed by atoms with van der Waals surface area (Å²) in [7, 11) is 7.14. The zero-order valence-electron chi connectivity index (χ0n) is 25.2. The summed E-state index contributed by atoms with van der Waals surface area (Å²) in [5.74, 6) is 6.31. The highest BCUT2D eigenvalue weighted by atomic mass is 19.1. The number of rotatable bonds is 13. The van der Waals surface area contributed by atoms with Crippen LogP contribution in [0.25, 0.3) is 10.9 Å². The van der Waals surface area contributed by atoms with Gasteiger partial charge in [0.05, 0.1) is 22.7 Å². The van der Waals surface area contributed by atoms with Crippen molar-refractivity contribution in [2.75, 3.05) is 51.4 Å². The van der Waals surface area contributed by atoms with Crippen LogP contribution in [0.5, 0.6) is 0 Å². The molecule has 0 radical (unpaired) electrons. The third-order valence-corrected chi connectivity index (χ3v) is 6.43. The van der Waals surface area contributed by atoms with E-state index in [4.69, 9.17) is 0 Å². The van der Waals surface area contributed by atoms with Gasteiger partial charge in [-0.3, -0.25) is 14.3 Å². The van der Waals surface area contributed by atoms with Gasteiger partial charge < -0.3 is 25.8 Å². The number of nitrogens with zero attached hydrogens (tertiary/aromatic N) is 6. The maximum Gasteiger partial charge on any atom is 0.246 e. The zero-order chi connectivity index (χ0) is 30.6. The van der Waals surface area contributed by atoms with E-state index in [1.807, 2.05) is 19.0 Å². The Hall–Kier alpha value is -4.50. The molecule has 42 heavy (non-hydrogen) atoms. The van der Waals surface area contributed by atoms with Crippen molar-refractivity contribution in [1.29, 1.82) is 0 Å². The Morgan fingerprint density at radius 3 is 2.74 bits per heavy atom. The Bertz CT molecular complexity index is 1470. The van der Waals surface area contributed by atoms with Crippen LogP contribution in [0.3, 0.4) is 0 Å². The monoisotopic (exact) mass is 577 g/mol. The number of benzene rings is 1. The lowest BCUT2D eigenvalue weighted by Crippen LogP contribution is -2.45. The lowest BCUT2D eigenvalue weighted by molar-refractivity contribution is -0.135. The minimum absolute atomic E-state index is 0.213. The van der Waals surface area contributed by atoms with E-state index >= 15 is 0 Å². The van der Waals surface area contributed by atoms with E-state index in [9.17, 15) is 14.0 Å². The molecular weight excluding hydrogens is 537 g/mol. The van der Waals surface area contributed by atoms with E-state index in [0.29, 0.717) is 59.9 Å². The molecule has 0 unspecified atom stereocenters. The summed E-state index contributed by atoms with van der Waals surface area (Å²) in [6, 6.07) is 4.63.